The normalized spacial score (nSPS) is 9.73. The summed E-state index contributed by atoms with van der Waals surface area (Å²) in [4.78, 5) is 21.3. The Hall–Kier alpha value is -1.91. The van der Waals surface area contributed by atoms with Gasteiger partial charge in [-0.1, -0.05) is 0 Å². The highest BCUT2D eigenvalue weighted by atomic mass is 16.6. The number of carbonyl (C=O) groups is 1. The van der Waals surface area contributed by atoms with Crippen LogP contribution in [0.2, 0.25) is 0 Å². The van der Waals surface area contributed by atoms with Crippen LogP contribution in [0.25, 0.3) is 0 Å². The van der Waals surface area contributed by atoms with Gasteiger partial charge in [-0.3, -0.25) is 14.9 Å². The number of nitro benzene ring substituents is 1. The predicted octanol–water partition coefficient (Wildman–Crippen LogP) is 2.23. The molecule has 1 aromatic rings. The molecule has 0 saturated carbocycles. The number of benzene rings is 1. The van der Waals surface area contributed by atoms with E-state index < -0.39 is 4.92 Å². The van der Waals surface area contributed by atoms with Crippen molar-refractivity contribution >= 4 is 17.2 Å². The number of carbonyl (C=O) groups excluding carboxylic acids is 1. The van der Waals surface area contributed by atoms with Crippen molar-refractivity contribution in [1.29, 1.82) is 0 Å². The minimum atomic E-state index is -0.512. The van der Waals surface area contributed by atoms with Gasteiger partial charge in [-0.15, -0.1) is 0 Å². The zero-order chi connectivity index (χ0) is 11.4. The summed E-state index contributed by atoms with van der Waals surface area (Å²) in [6, 6.07) is 4.23. The fraction of sp³-hybridized carbons (Fsp3) is 0.300. The molecule has 1 N–H and O–H groups in total. The van der Waals surface area contributed by atoms with E-state index in [0.717, 1.165) is 0 Å². The van der Waals surface area contributed by atoms with Gasteiger partial charge >= 0.3 is 0 Å². The second kappa shape index (κ2) is 4.54. The zero-order valence-electron chi connectivity index (χ0n) is 8.61. The summed E-state index contributed by atoms with van der Waals surface area (Å²) in [5.74, 6) is -0.186. The summed E-state index contributed by atoms with van der Waals surface area (Å²) < 4.78 is 0. The summed E-state index contributed by atoms with van der Waals surface area (Å²) >= 11 is 0. The largest absolute Gasteiger partial charge is 0.385 e. The highest BCUT2D eigenvalue weighted by molar-refractivity contribution is 6.00. The maximum atomic E-state index is 11.3. The molecule has 0 aliphatic rings. The number of Topliss-reactive ketones (excluding diaryl/α,β-unsaturated/α-hetero) is 1. The molecule has 1 aromatic carbocycles. The lowest BCUT2D eigenvalue weighted by atomic mass is 10.1. The van der Waals surface area contributed by atoms with Gasteiger partial charge in [-0.2, -0.15) is 0 Å². The quantitative estimate of drug-likeness (QED) is 0.468. The van der Waals surface area contributed by atoms with Gasteiger partial charge in [0.15, 0.2) is 5.78 Å². The Morgan fingerprint density at radius 2 is 2.20 bits per heavy atom. The Morgan fingerprint density at radius 3 is 2.67 bits per heavy atom. The fourth-order valence-corrected chi connectivity index (χ4v) is 1.28. The monoisotopic (exact) mass is 208 g/mol. The molecular weight excluding hydrogens is 196 g/mol. The van der Waals surface area contributed by atoms with Crippen LogP contribution >= 0.6 is 0 Å². The standard InChI is InChI=1S/C10H12N2O3/c1-3-11-10-5-4-8(12(14)15)6-9(10)7(2)13/h4-6,11H,3H2,1-2H3. The van der Waals surface area contributed by atoms with Crippen molar-refractivity contribution in [1.82, 2.24) is 0 Å². The number of hydrogen-bond donors (Lipinski definition) is 1. The molecule has 0 aliphatic carbocycles. The van der Waals surface area contributed by atoms with E-state index in [4.69, 9.17) is 0 Å². The number of anilines is 1. The average molecular weight is 208 g/mol. The van der Waals surface area contributed by atoms with Crippen molar-refractivity contribution in [2.24, 2.45) is 0 Å². The third kappa shape index (κ3) is 2.52. The van der Waals surface area contributed by atoms with Crippen molar-refractivity contribution < 1.29 is 9.72 Å². The van der Waals surface area contributed by atoms with Crippen LogP contribution in [0.5, 0.6) is 0 Å². The minimum Gasteiger partial charge on any atom is -0.385 e. The SMILES string of the molecule is CCNc1ccc([N+](=O)[O-])cc1C(C)=O. The lowest BCUT2D eigenvalue weighted by molar-refractivity contribution is -0.384. The van der Waals surface area contributed by atoms with Crippen molar-refractivity contribution in [2.45, 2.75) is 13.8 Å². The molecule has 0 aromatic heterocycles. The average Bonchev–Trinajstić information content (AvgIpc) is 2.18. The molecule has 0 amide bonds. The summed E-state index contributed by atoms with van der Waals surface area (Å²) in [6.07, 6.45) is 0. The Kier molecular flexibility index (Phi) is 3.38. The molecule has 0 spiro atoms. The van der Waals surface area contributed by atoms with Gasteiger partial charge in [0.1, 0.15) is 0 Å². The smallest absolute Gasteiger partial charge is 0.270 e. The maximum absolute atomic E-state index is 11.3. The fourth-order valence-electron chi connectivity index (χ4n) is 1.28. The highest BCUT2D eigenvalue weighted by Crippen LogP contribution is 2.22. The van der Waals surface area contributed by atoms with Gasteiger partial charge in [-0.05, 0) is 19.9 Å². The third-order valence-electron chi connectivity index (χ3n) is 1.96. The molecule has 5 nitrogen and oxygen atoms in total. The molecular formula is C10H12N2O3. The summed E-state index contributed by atoms with van der Waals surface area (Å²) in [5, 5.41) is 13.5. The topological polar surface area (TPSA) is 72.2 Å². The molecule has 0 radical (unpaired) electrons. The molecule has 0 atom stereocenters. The second-order valence-corrected chi connectivity index (χ2v) is 3.07. The van der Waals surface area contributed by atoms with E-state index in [0.29, 0.717) is 17.8 Å². The third-order valence-corrected chi connectivity index (χ3v) is 1.96. The summed E-state index contributed by atoms with van der Waals surface area (Å²) in [7, 11) is 0. The number of ketones is 1. The van der Waals surface area contributed by atoms with Gasteiger partial charge in [0, 0.05) is 29.9 Å². The van der Waals surface area contributed by atoms with Crippen LogP contribution < -0.4 is 5.32 Å². The van der Waals surface area contributed by atoms with E-state index in [1.165, 1.54) is 19.1 Å². The van der Waals surface area contributed by atoms with Crippen molar-refractivity contribution in [3.8, 4) is 0 Å². The van der Waals surface area contributed by atoms with E-state index >= 15 is 0 Å². The van der Waals surface area contributed by atoms with Crippen LogP contribution in [0.4, 0.5) is 11.4 Å². The van der Waals surface area contributed by atoms with Gasteiger partial charge in [0.05, 0.1) is 4.92 Å². The molecule has 0 saturated heterocycles. The molecule has 0 bridgehead atoms. The van der Waals surface area contributed by atoms with E-state index in [9.17, 15) is 14.9 Å². The van der Waals surface area contributed by atoms with Crippen LogP contribution in [0.15, 0.2) is 18.2 Å². The van der Waals surface area contributed by atoms with Gasteiger partial charge in [0.2, 0.25) is 0 Å². The maximum Gasteiger partial charge on any atom is 0.270 e. The van der Waals surface area contributed by atoms with E-state index in [-0.39, 0.29) is 11.5 Å². The number of hydrogen-bond acceptors (Lipinski definition) is 4. The molecule has 5 heteroatoms. The summed E-state index contributed by atoms with van der Waals surface area (Å²) in [5.41, 5.74) is 0.920. The van der Waals surface area contributed by atoms with Crippen LogP contribution in [0.1, 0.15) is 24.2 Å². The van der Waals surface area contributed by atoms with Crippen LogP contribution in [0.3, 0.4) is 0 Å². The first-order chi connectivity index (χ1) is 7.06. The summed E-state index contributed by atoms with van der Waals surface area (Å²) in [6.45, 7) is 3.95. The molecule has 80 valence electrons. The Balaban J connectivity index is 3.20. The van der Waals surface area contributed by atoms with Gasteiger partial charge in [-0.25, -0.2) is 0 Å². The Bertz CT molecular complexity index is 402. The van der Waals surface area contributed by atoms with Gasteiger partial charge < -0.3 is 5.32 Å². The molecule has 0 heterocycles. The van der Waals surface area contributed by atoms with Crippen molar-refractivity contribution in [2.75, 3.05) is 11.9 Å². The number of nitro groups is 1. The number of non-ortho nitro benzene ring substituents is 1. The molecule has 1 rings (SSSR count). The van der Waals surface area contributed by atoms with Crippen LogP contribution in [-0.4, -0.2) is 17.3 Å². The number of nitrogens with zero attached hydrogens (tertiary/aromatic N) is 1. The lowest BCUT2D eigenvalue weighted by Gasteiger charge is -2.07. The van der Waals surface area contributed by atoms with E-state index in [1.807, 2.05) is 6.92 Å². The molecule has 15 heavy (non-hydrogen) atoms. The first-order valence-corrected chi connectivity index (χ1v) is 4.59. The van der Waals surface area contributed by atoms with Crippen molar-refractivity contribution in [3.63, 3.8) is 0 Å². The first-order valence-electron chi connectivity index (χ1n) is 4.59. The van der Waals surface area contributed by atoms with Gasteiger partial charge in [0.25, 0.3) is 5.69 Å². The van der Waals surface area contributed by atoms with Crippen LogP contribution in [-0.2, 0) is 0 Å². The number of nitrogens with one attached hydrogen (secondary N) is 1. The first kappa shape index (κ1) is 11.2. The Labute approximate surface area is 87.3 Å². The molecule has 0 aliphatic heterocycles. The predicted molar refractivity (Wildman–Crippen MR) is 57.3 cm³/mol. The number of rotatable bonds is 4. The Morgan fingerprint density at radius 1 is 1.53 bits per heavy atom. The second-order valence-electron chi connectivity index (χ2n) is 3.07. The van der Waals surface area contributed by atoms with Crippen molar-refractivity contribution in [3.05, 3.63) is 33.9 Å². The highest BCUT2D eigenvalue weighted by Gasteiger charge is 2.13. The molecule has 0 unspecified atom stereocenters. The van der Waals surface area contributed by atoms with E-state index in [1.54, 1.807) is 6.07 Å². The molecule has 0 fully saturated rings. The minimum absolute atomic E-state index is 0.0677. The van der Waals surface area contributed by atoms with Crippen LogP contribution in [0, 0.1) is 10.1 Å². The van der Waals surface area contributed by atoms with E-state index in [2.05, 4.69) is 5.32 Å². The lowest BCUT2D eigenvalue weighted by Crippen LogP contribution is -2.04. The zero-order valence-corrected chi connectivity index (χ0v) is 8.61.